The highest BCUT2D eigenvalue weighted by Gasteiger charge is 2.24. The summed E-state index contributed by atoms with van der Waals surface area (Å²) in [6.07, 6.45) is 0. The van der Waals surface area contributed by atoms with Crippen LogP contribution in [0.25, 0.3) is 11.1 Å². The van der Waals surface area contributed by atoms with Crippen molar-refractivity contribution in [3.05, 3.63) is 65.0 Å². The molecule has 0 spiro atoms. The lowest BCUT2D eigenvalue weighted by atomic mass is 10.0. The smallest absolute Gasteiger partial charge is 0.387 e. The van der Waals surface area contributed by atoms with Crippen molar-refractivity contribution >= 4 is 45.3 Å². The zero-order valence-corrected chi connectivity index (χ0v) is 17.7. The lowest BCUT2D eigenvalue weighted by Gasteiger charge is -2.14. The first-order valence-corrected chi connectivity index (χ1v) is 10.0. The minimum absolute atomic E-state index is 0.0443. The number of ether oxygens (including phenoxy) is 2. The Balaban J connectivity index is 1.90. The Hall–Kier alpha value is -3.04. The number of benzene rings is 2. The van der Waals surface area contributed by atoms with Crippen LogP contribution in [-0.2, 0) is 4.74 Å². The van der Waals surface area contributed by atoms with Crippen LogP contribution in [0.5, 0.6) is 5.75 Å². The number of thiocarbonyl (C=S) groups is 1. The number of carbonyl (C=O) groups excluding carboxylic acids is 1. The van der Waals surface area contributed by atoms with E-state index >= 15 is 0 Å². The van der Waals surface area contributed by atoms with E-state index in [-0.39, 0.29) is 16.5 Å². The molecule has 1 heterocycles. The molecule has 156 valence electrons. The molecule has 0 aliphatic rings. The second-order valence-electron chi connectivity index (χ2n) is 6.05. The number of esters is 1. The molecule has 2 aromatic carbocycles. The topological polar surface area (TPSA) is 59.6 Å². The number of rotatable bonds is 6. The predicted octanol–water partition coefficient (Wildman–Crippen LogP) is 5.92. The Morgan fingerprint density at radius 1 is 1.07 bits per heavy atom. The molecule has 0 radical (unpaired) electrons. The molecule has 9 heteroatoms. The van der Waals surface area contributed by atoms with Crippen molar-refractivity contribution in [2.75, 3.05) is 17.7 Å². The molecular formula is C21H18F2N2O3S2. The van der Waals surface area contributed by atoms with Gasteiger partial charge in [-0.05, 0) is 36.8 Å². The van der Waals surface area contributed by atoms with Gasteiger partial charge in [0.25, 0.3) is 0 Å². The van der Waals surface area contributed by atoms with Gasteiger partial charge in [0.1, 0.15) is 16.3 Å². The van der Waals surface area contributed by atoms with Gasteiger partial charge in [-0.25, -0.2) is 4.79 Å². The van der Waals surface area contributed by atoms with Gasteiger partial charge in [-0.3, -0.25) is 0 Å². The largest absolute Gasteiger partial charge is 0.465 e. The van der Waals surface area contributed by atoms with Gasteiger partial charge in [-0.2, -0.15) is 8.78 Å². The molecule has 30 heavy (non-hydrogen) atoms. The fourth-order valence-corrected chi connectivity index (χ4v) is 4.25. The highest BCUT2D eigenvalue weighted by Crippen LogP contribution is 2.40. The monoisotopic (exact) mass is 448 g/mol. The van der Waals surface area contributed by atoms with Crippen molar-refractivity contribution in [2.45, 2.75) is 13.5 Å². The van der Waals surface area contributed by atoms with Crippen LogP contribution in [0, 0.1) is 6.92 Å². The second-order valence-corrected chi connectivity index (χ2v) is 7.68. The molecule has 3 aromatic rings. The Morgan fingerprint density at radius 2 is 1.73 bits per heavy atom. The highest BCUT2D eigenvalue weighted by atomic mass is 32.1. The van der Waals surface area contributed by atoms with Crippen LogP contribution in [0.4, 0.5) is 19.5 Å². The molecule has 1 aromatic heterocycles. The molecule has 0 aliphatic heterocycles. The fraction of sp³-hybridized carbons (Fsp3) is 0.143. The molecule has 0 saturated carbocycles. The number of alkyl halides is 2. The minimum Gasteiger partial charge on any atom is -0.465 e. The molecule has 0 amide bonds. The first-order chi connectivity index (χ1) is 14.4. The summed E-state index contributed by atoms with van der Waals surface area (Å²) in [5.74, 6) is -0.554. The lowest BCUT2D eigenvalue weighted by molar-refractivity contribution is -0.0493. The van der Waals surface area contributed by atoms with Crippen LogP contribution in [0.1, 0.15) is 15.2 Å². The standard InChI is InChI=1S/C21H18F2N2O3S2/c1-12-16(13-8-4-3-5-9-13)17(19(26)27-2)18(30-12)25-21(29)24-14-10-6-7-11-15(14)28-20(22)23/h3-11,20H,1-2H3,(H2,24,25,29). The second kappa shape index (κ2) is 9.64. The number of hydrogen-bond acceptors (Lipinski definition) is 5. The highest BCUT2D eigenvalue weighted by molar-refractivity contribution is 7.80. The molecule has 0 fully saturated rings. The van der Waals surface area contributed by atoms with Gasteiger partial charge in [0.05, 0.1) is 12.8 Å². The van der Waals surface area contributed by atoms with E-state index in [0.29, 0.717) is 10.6 Å². The summed E-state index contributed by atoms with van der Waals surface area (Å²) in [4.78, 5) is 13.4. The average molecular weight is 449 g/mol. The van der Waals surface area contributed by atoms with Crippen LogP contribution in [0.15, 0.2) is 54.6 Å². The summed E-state index contributed by atoms with van der Waals surface area (Å²) in [5.41, 5.74) is 2.24. The molecular weight excluding hydrogens is 430 g/mol. The van der Waals surface area contributed by atoms with Crippen molar-refractivity contribution < 1.29 is 23.0 Å². The van der Waals surface area contributed by atoms with E-state index in [0.717, 1.165) is 16.0 Å². The number of methoxy groups -OCH3 is 1. The molecule has 0 saturated heterocycles. The van der Waals surface area contributed by atoms with Gasteiger partial charge < -0.3 is 20.1 Å². The predicted molar refractivity (Wildman–Crippen MR) is 119 cm³/mol. The van der Waals surface area contributed by atoms with E-state index in [1.807, 2.05) is 37.3 Å². The maximum absolute atomic E-state index is 12.6. The summed E-state index contributed by atoms with van der Waals surface area (Å²) in [6, 6.07) is 15.6. The molecule has 3 rings (SSSR count). The molecule has 0 atom stereocenters. The zero-order valence-electron chi connectivity index (χ0n) is 16.1. The van der Waals surface area contributed by atoms with Gasteiger partial charge in [0.15, 0.2) is 5.11 Å². The number of nitrogens with one attached hydrogen (secondary N) is 2. The molecule has 0 unspecified atom stereocenters. The van der Waals surface area contributed by atoms with Crippen LogP contribution in [0.3, 0.4) is 0 Å². The third-order valence-electron chi connectivity index (χ3n) is 4.11. The number of para-hydroxylation sites is 2. The Labute approximate surface area is 181 Å². The maximum Gasteiger partial charge on any atom is 0.387 e. The van der Waals surface area contributed by atoms with E-state index < -0.39 is 12.6 Å². The number of carbonyl (C=O) groups is 1. The normalized spacial score (nSPS) is 10.6. The molecule has 2 N–H and O–H groups in total. The van der Waals surface area contributed by atoms with Gasteiger partial charge >= 0.3 is 12.6 Å². The van der Waals surface area contributed by atoms with Gasteiger partial charge in [0.2, 0.25) is 0 Å². The Morgan fingerprint density at radius 3 is 2.40 bits per heavy atom. The van der Waals surface area contributed by atoms with Crippen LogP contribution in [0.2, 0.25) is 0 Å². The summed E-state index contributed by atoms with van der Waals surface area (Å²) < 4.78 is 34.7. The summed E-state index contributed by atoms with van der Waals surface area (Å²) in [5, 5.41) is 6.42. The number of anilines is 2. The van der Waals surface area contributed by atoms with Crippen molar-refractivity contribution in [3.8, 4) is 16.9 Å². The Kier molecular flexibility index (Phi) is 6.96. The summed E-state index contributed by atoms with van der Waals surface area (Å²) >= 11 is 6.67. The summed E-state index contributed by atoms with van der Waals surface area (Å²) in [6.45, 7) is -1.07. The first kappa shape index (κ1) is 21.7. The average Bonchev–Trinajstić information content (AvgIpc) is 3.04. The number of halogens is 2. The van der Waals surface area contributed by atoms with Gasteiger partial charge in [0, 0.05) is 10.4 Å². The van der Waals surface area contributed by atoms with Crippen molar-refractivity contribution in [1.82, 2.24) is 0 Å². The van der Waals surface area contributed by atoms with E-state index in [2.05, 4.69) is 15.4 Å². The molecule has 0 aliphatic carbocycles. The van der Waals surface area contributed by atoms with E-state index in [4.69, 9.17) is 17.0 Å². The number of hydrogen-bond donors (Lipinski definition) is 2. The quantitative estimate of drug-likeness (QED) is 0.361. The SMILES string of the molecule is COC(=O)c1c(NC(=S)Nc2ccccc2OC(F)F)sc(C)c1-c1ccccc1. The number of aryl methyl sites for hydroxylation is 1. The fourth-order valence-electron chi connectivity index (χ4n) is 2.91. The van der Waals surface area contributed by atoms with Crippen molar-refractivity contribution in [1.29, 1.82) is 0 Å². The third kappa shape index (κ3) is 4.92. The Bertz CT molecular complexity index is 1060. The van der Waals surface area contributed by atoms with E-state index in [9.17, 15) is 13.6 Å². The van der Waals surface area contributed by atoms with Crippen molar-refractivity contribution in [3.63, 3.8) is 0 Å². The van der Waals surface area contributed by atoms with Gasteiger partial charge in [-0.1, -0.05) is 42.5 Å². The van der Waals surface area contributed by atoms with Gasteiger partial charge in [-0.15, -0.1) is 11.3 Å². The zero-order chi connectivity index (χ0) is 21.7. The van der Waals surface area contributed by atoms with E-state index in [1.54, 1.807) is 18.2 Å². The van der Waals surface area contributed by atoms with Crippen LogP contribution < -0.4 is 15.4 Å². The molecule has 5 nitrogen and oxygen atoms in total. The number of thiophene rings is 1. The first-order valence-electron chi connectivity index (χ1n) is 8.79. The van der Waals surface area contributed by atoms with E-state index in [1.165, 1.54) is 24.5 Å². The summed E-state index contributed by atoms with van der Waals surface area (Å²) in [7, 11) is 1.31. The van der Waals surface area contributed by atoms with Crippen LogP contribution >= 0.6 is 23.6 Å². The van der Waals surface area contributed by atoms with Crippen LogP contribution in [-0.4, -0.2) is 24.8 Å². The molecule has 0 bridgehead atoms. The lowest BCUT2D eigenvalue weighted by Crippen LogP contribution is -2.20. The minimum atomic E-state index is -2.96. The van der Waals surface area contributed by atoms with Crippen molar-refractivity contribution in [2.24, 2.45) is 0 Å². The maximum atomic E-state index is 12.6. The third-order valence-corrected chi connectivity index (χ3v) is 5.34.